The highest BCUT2D eigenvalue weighted by molar-refractivity contribution is 5.95. The first-order valence-electron chi connectivity index (χ1n) is 7.03. The summed E-state index contributed by atoms with van der Waals surface area (Å²) in [6.07, 6.45) is 1.14. The maximum Gasteiger partial charge on any atom is 0.238 e. The maximum atomic E-state index is 12.9. The van der Waals surface area contributed by atoms with Gasteiger partial charge in [0.05, 0.1) is 17.9 Å². The number of likely N-dealkylation sites (tertiary alicyclic amines) is 1. The lowest BCUT2D eigenvalue weighted by Gasteiger charge is -2.17. The molecule has 3 N–H and O–H groups in total. The van der Waals surface area contributed by atoms with Crippen molar-refractivity contribution in [2.75, 3.05) is 30.7 Å². The van der Waals surface area contributed by atoms with E-state index in [9.17, 15) is 9.18 Å². The van der Waals surface area contributed by atoms with Crippen LogP contribution in [-0.2, 0) is 4.79 Å². The first-order valence-corrected chi connectivity index (χ1v) is 7.03. The molecule has 1 heterocycles. The van der Waals surface area contributed by atoms with E-state index in [4.69, 9.17) is 5.73 Å². The first-order chi connectivity index (χ1) is 9.45. The fraction of sp³-hybridized carbons (Fsp3) is 0.533. The van der Waals surface area contributed by atoms with E-state index in [1.165, 1.54) is 18.2 Å². The van der Waals surface area contributed by atoms with Crippen molar-refractivity contribution in [3.05, 3.63) is 24.0 Å². The van der Waals surface area contributed by atoms with E-state index in [0.29, 0.717) is 24.1 Å². The van der Waals surface area contributed by atoms with Crippen LogP contribution in [0.5, 0.6) is 0 Å². The summed E-state index contributed by atoms with van der Waals surface area (Å²) in [6.45, 7) is 6.71. The number of nitrogens with two attached hydrogens (primary N) is 1. The summed E-state index contributed by atoms with van der Waals surface area (Å²) in [5.74, 6) is 0.807. The molecule has 0 radical (unpaired) electrons. The average molecular weight is 279 g/mol. The molecule has 1 unspecified atom stereocenters. The highest BCUT2D eigenvalue weighted by atomic mass is 19.1. The molecule has 1 aliphatic rings. The molecule has 0 bridgehead atoms. The molecule has 4 nitrogen and oxygen atoms in total. The van der Waals surface area contributed by atoms with Crippen molar-refractivity contribution in [1.82, 2.24) is 4.90 Å². The zero-order chi connectivity index (χ0) is 14.7. The number of hydrogen-bond acceptors (Lipinski definition) is 3. The van der Waals surface area contributed by atoms with Gasteiger partial charge in [-0.25, -0.2) is 4.39 Å². The normalized spacial score (nSPS) is 19.5. The molecule has 1 atom stereocenters. The smallest absolute Gasteiger partial charge is 0.238 e. The summed E-state index contributed by atoms with van der Waals surface area (Å²) in [5, 5.41) is 2.74. The van der Waals surface area contributed by atoms with Crippen molar-refractivity contribution in [3.63, 3.8) is 0 Å². The number of nitrogens with zero attached hydrogens (tertiary/aromatic N) is 1. The number of carbonyl (C=O) groups is 1. The number of nitrogens with one attached hydrogen (secondary N) is 1. The van der Waals surface area contributed by atoms with E-state index >= 15 is 0 Å². The Hall–Kier alpha value is -1.62. The Morgan fingerprint density at radius 1 is 1.55 bits per heavy atom. The van der Waals surface area contributed by atoms with Crippen LogP contribution in [0.25, 0.3) is 0 Å². The molecule has 0 aromatic heterocycles. The van der Waals surface area contributed by atoms with Gasteiger partial charge >= 0.3 is 0 Å². The number of hydrogen-bond donors (Lipinski definition) is 2. The van der Waals surface area contributed by atoms with Crippen molar-refractivity contribution in [2.45, 2.75) is 20.3 Å². The first kappa shape index (κ1) is 14.8. The Morgan fingerprint density at radius 3 is 2.90 bits per heavy atom. The standard InChI is InChI=1S/C15H22FN3O/c1-10(2)11-5-6-19(8-11)9-15(20)18-14-4-3-12(16)7-13(14)17/h3-4,7,10-11H,5-6,8-9,17H2,1-2H3,(H,18,20). The molecular weight excluding hydrogens is 257 g/mol. The van der Waals surface area contributed by atoms with Gasteiger partial charge in [0.25, 0.3) is 0 Å². The Bertz CT molecular complexity index is 490. The lowest BCUT2D eigenvalue weighted by atomic mass is 9.95. The zero-order valence-electron chi connectivity index (χ0n) is 12.0. The lowest BCUT2D eigenvalue weighted by Crippen LogP contribution is -2.32. The second-order valence-corrected chi connectivity index (χ2v) is 5.81. The van der Waals surface area contributed by atoms with Crippen LogP contribution >= 0.6 is 0 Å². The van der Waals surface area contributed by atoms with Crippen LogP contribution in [0.15, 0.2) is 18.2 Å². The van der Waals surface area contributed by atoms with Crippen LogP contribution in [0.2, 0.25) is 0 Å². The van der Waals surface area contributed by atoms with Crippen LogP contribution in [0, 0.1) is 17.7 Å². The third-order valence-electron chi connectivity index (χ3n) is 3.91. The van der Waals surface area contributed by atoms with Gasteiger partial charge in [-0.1, -0.05) is 13.8 Å². The quantitative estimate of drug-likeness (QED) is 0.832. The van der Waals surface area contributed by atoms with E-state index in [2.05, 4.69) is 24.1 Å². The summed E-state index contributed by atoms with van der Waals surface area (Å²) in [6, 6.07) is 3.99. The molecule has 1 aliphatic heterocycles. The summed E-state index contributed by atoms with van der Waals surface area (Å²) >= 11 is 0. The van der Waals surface area contributed by atoms with E-state index in [1.54, 1.807) is 0 Å². The van der Waals surface area contributed by atoms with Crippen LogP contribution in [0.3, 0.4) is 0 Å². The molecule has 1 amide bonds. The number of anilines is 2. The van der Waals surface area contributed by atoms with E-state index in [-0.39, 0.29) is 11.6 Å². The maximum absolute atomic E-state index is 12.9. The van der Waals surface area contributed by atoms with Crippen LogP contribution < -0.4 is 11.1 Å². The van der Waals surface area contributed by atoms with Crippen LogP contribution in [0.4, 0.5) is 15.8 Å². The molecule has 1 aromatic carbocycles. The van der Waals surface area contributed by atoms with Crippen molar-refractivity contribution < 1.29 is 9.18 Å². The molecule has 110 valence electrons. The third-order valence-corrected chi connectivity index (χ3v) is 3.91. The molecule has 1 fully saturated rings. The Kier molecular flexibility index (Phi) is 4.60. The fourth-order valence-electron chi connectivity index (χ4n) is 2.59. The highest BCUT2D eigenvalue weighted by Gasteiger charge is 2.26. The molecule has 2 rings (SSSR count). The second-order valence-electron chi connectivity index (χ2n) is 5.81. The number of amides is 1. The van der Waals surface area contributed by atoms with Gasteiger partial charge in [0.2, 0.25) is 5.91 Å². The van der Waals surface area contributed by atoms with Gasteiger partial charge in [-0.15, -0.1) is 0 Å². The zero-order valence-corrected chi connectivity index (χ0v) is 12.0. The van der Waals surface area contributed by atoms with Gasteiger partial charge in [0.1, 0.15) is 5.82 Å². The molecular formula is C15H22FN3O. The van der Waals surface area contributed by atoms with Gasteiger partial charge in [0, 0.05) is 6.54 Å². The van der Waals surface area contributed by atoms with E-state index < -0.39 is 5.82 Å². The van der Waals surface area contributed by atoms with Gasteiger partial charge in [0.15, 0.2) is 0 Å². The van der Waals surface area contributed by atoms with Crippen LogP contribution in [-0.4, -0.2) is 30.4 Å². The molecule has 20 heavy (non-hydrogen) atoms. The average Bonchev–Trinajstić information content (AvgIpc) is 2.81. The highest BCUT2D eigenvalue weighted by Crippen LogP contribution is 2.24. The topological polar surface area (TPSA) is 58.4 Å². The molecule has 1 aromatic rings. The van der Waals surface area contributed by atoms with E-state index in [0.717, 1.165) is 19.5 Å². The minimum Gasteiger partial charge on any atom is -0.397 e. The monoisotopic (exact) mass is 279 g/mol. The SMILES string of the molecule is CC(C)C1CCN(CC(=O)Nc2ccc(F)cc2N)C1. The van der Waals surface area contributed by atoms with Crippen molar-refractivity contribution in [1.29, 1.82) is 0 Å². The summed E-state index contributed by atoms with van der Waals surface area (Å²) in [7, 11) is 0. The molecule has 0 saturated carbocycles. The minimum atomic E-state index is -0.403. The number of rotatable bonds is 4. The summed E-state index contributed by atoms with van der Waals surface area (Å²) in [5.41, 5.74) is 6.39. The van der Waals surface area contributed by atoms with Crippen molar-refractivity contribution in [2.24, 2.45) is 11.8 Å². The lowest BCUT2D eigenvalue weighted by molar-refractivity contribution is -0.117. The Morgan fingerprint density at radius 2 is 2.30 bits per heavy atom. The number of nitrogen functional groups attached to an aromatic ring is 1. The number of carbonyl (C=O) groups excluding carboxylic acids is 1. The number of halogens is 1. The van der Waals surface area contributed by atoms with Crippen molar-refractivity contribution in [3.8, 4) is 0 Å². The van der Waals surface area contributed by atoms with Gasteiger partial charge < -0.3 is 11.1 Å². The third kappa shape index (κ3) is 3.70. The van der Waals surface area contributed by atoms with Gasteiger partial charge in [-0.2, -0.15) is 0 Å². The second kappa shape index (κ2) is 6.22. The Balaban J connectivity index is 1.87. The number of benzene rings is 1. The molecule has 5 heteroatoms. The molecule has 0 spiro atoms. The minimum absolute atomic E-state index is 0.104. The largest absolute Gasteiger partial charge is 0.397 e. The molecule has 0 aliphatic carbocycles. The Labute approximate surface area is 119 Å². The molecule has 1 saturated heterocycles. The van der Waals surface area contributed by atoms with Crippen LogP contribution in [0.1, 0.15) is 20.3 Å². The van der Waals surface area contributed by atoms with E-state index in [1.807, 2.05) is 0 Å². The van der Waals surface area contributed by atoms with Gasteiger partial charge in [-0.05, 0) is 43.0 Å². The van der Waals surface area contributed by atoms with Gasteiger partial charge in [-0.3, -0.25) is 9.69 Å². The summed E-state index contributed by atoms with van der Waals surface area (Å²) < 4.78 is 12.9. The predicted octanol–water partition coefficient (Wildman–Crippen LogP) is 2.32. The summed E-state index contributed by atoms with van der Waals surface area (Å²) in [4.78, 5) is 14.1. The fourth-order valence-corrected chi connectivity index (χ4v) is 2.59. The van der Waals surface area contributed by atoms with Crippen molar-refractivity contribution >= 4 is 17.3 Å². The predicted molar refractivity (Wildman–Crippen MR) is 78.8 cm³/mol.